The Morgan fingerprint density at radius 3 is 2.15 bits per heavy atom. The molecule has 1 fully saturated rings. The van der Waals surface area contributed by atoms with Gasteiger partial charge in [0.15, 0.2) is 6.10 Å². The molecule has 148 valence electrons. The van der Waals surface area contributed by atoms with E-state index in [2.05, 4.69) is 10.6 Å². The Balaban J connectivity index is 1.95. The van der Waals surface area contributed by atoms with Gasteiger partial charge in [0.05, 0.1) is 19.8 Å². The Bertz CT molecular complexity index is 687. The van der Waals surface area contributed by atoms with Gasteiger partial charge < -0.3 is 19.5 Å². The van der Waals surface area contributed by atoms with Crippen LogP contribution in [0, 0.1) is 6.92 Å². The SMILES string of the molecule is COc1cc(C(=O)OC(C)C(=O)NC(=O)NC2CCCC2)cc(OC)c1C. The van der Waals surface area contributed by atoms with E-state index in [-0.39, 0.29) is 11.6 Å². The lowest BCUT2D eigenvalue weighted by Gasteiger charge is -2.16. The Hall–Kier alpha value is -2.77. The summed E-state index contributed by atoms with van der Waals surface area (Å²) in [6, 6.07) is 2.53. The minimum atomic E-state index is -1.13. The predicted octanol–water partition coefficient (Wildman–Crippen LogP) is 2.33. The molecule has 3 amide bonds. The molecule has 1 aliphatic rings. The number of esters is 1. The van der Waals surface area contributed by atoms with Crippen molar-refractivity contribution in [2.75, 3.05) is 14.2 Å². The Labute approximate surface area is 158 Å². The van der Waals surface area contributed by atoms with Gasteiger partial charge in [-0.05, 0) is 38.8 Å². The van der Waals surface area contributed by atoms with E-state index in [0.717, 1.165) is 31.2 Å². The van der Waals surface area contributed by atoms with Gasteiger partial charge in [0.1, 0.15) is 11.5 Å². The summed E-state index contributed by atoms with van der Waals surface area (Å²) in [6.45, 7) is 3.20. The monoisotopic (exact) mass is 378 g/mol. The summed E-state index contributed by atoms with van der Waals surface area (Å²) in [6.07, 6.45) is 2.81. The summed E-state index contributed by atoms with van der Waals surface area (Å²) in [5.41, 5.74) is 0.926. The number of ether oxygens (including phenoxy) is 3. The van der Waals surface area contributed by atoms with Crippen LogP contribution < -0.4 is 20.1 Å². The van der Waals surface area contributed by atoms with Crippen LogP contribution in [0.25, 0.3) is 0 Å². The van der Waals surface area contributed by atoms with Crippen LogP contribution >= 0.6 is 0 Å². The van der Waals surface area contributed by atoms with E-state index in [1.54, 1.807) is 6.92 Å². The van der Waals surface area contributed by atoms with Crippen molar-refractivity contribution in [1.82, 2.24) is 10.6 Å². The molecule has 1 saturated carbocycles. The van der Waals surface area contributed by atoms with Crippen LogP contribution in [-0.4, -0.2) is 44.3 Å². The summed E-state index contributed by atoms with van der Waals surface area (Å²) >= 11 is 0. The molecule has 0 saturated heterocycles. The molecule has 0 heterocycles. The number of nitrogens with one attached hydrogen (secondary N) is 2. The molecule has 0 spiro atoms. The number of rotatable bonds is 6. The third-order valence-electron chi connectivity index (χ3n) is 4.57. The standard InChI is InChI=1S/C19H26N2O6/c1-11-15(25-3)9-13(10-16(11)26-4)18(23)27-12(2)17(22)21-19(24)20-14-7-5-6-8-14/h9-10,12,14H,5-8H2,1-4H3,(H2,20,21,22,24). The van der Waals surface area contributed by atoms with Crippen molar-refractivity contribution in [2.24, 2.45) is 0 Å². The van der Waals surface area contributed by atoms with E-state index in [9.17, 15) is 14.4 Å². The highest BCUT2D eigenvalue weighted by Gasteiger charge is 2.24. The highest BCUT2D eigenvalue weighted by molar-refractivity contribution is 5.98. The highest BCUT2D eigenvalue weighted by atomic mass is 16.5. The zero-order valence-corrected chi connectivity index (χ0v) is 16.1. The molecular formula is C19H26N2O6. The molecular weight excluding hydrogens is 352 g/mol. The molecule has 1 aliphatic carbocycles. The molecule has 8 heteroatoms. The molecule has 1 aromatic rings. The topological polar surface area (TPSA) is 103 Å². The van der Waals surface area contributed by atoms with Gasteiger partial charge >= 0.3 is 12.0 Å². The lowest BCUT2D eigenvalue weighted by molar-refractivity contribution is -0.127. The van der Waals surface area contributed by atoms with Crippen molar-refractivity contribution in [3.63, 3.8) is 0 Å². The van der Waals surface area contributed by atoms with Crippen molar-refractivity contribution < 1.29 is 28.6 Å². The maximum Gasteiger partial charge on any atom is 0.339 e. The molecule has 1 aromatic carbocycles. The Kier molecular flexibility index (Phi) is 7.04. The fourth-order valence-electron chi connectivity index (χ4n) is 2.99. The Morgan fingerprint density at radius 2 is 1.63 bits per heavy atom. The number of benzene rings is 1. The van der Waals surface area contributed by atoms with Crippen LogP contribution in [0.3, 0.4) is 0 Å². The molecule has 1 atom stereocenters. The van der Waals surface area contributed by atoms with Crippen LogP contribution in [0.4, 0.5) is 4.79 Å². The second kappa shape index (κ2) is 9.25. The third kappa shape index (κ3) is 5.35. The van der Waals surface area contributed by atoms with Gasteiger partial charge in [0, 0.05) is 11.6 Å². The lowest BCUT2D eigenvalue weighted by atomic mass is 10.1. The zero-order valence-electron chi connectivity index (χ0n) is 16.1. The van der Waals surface area contributed by atoms with Crippen molar-refractivity contribution in [1.29, 1.82) is 0 Å². The number of methoxy groups -OCH3 is 2. The largest absolute Gasteiger partial charge is 0.496 e. The first-order valence-electron chi connectivity index (χ1n) is 8.90. The van der Waals surface area contributed by atoms with Crippen LogP contribution in [0.5, 0.6) is 11.5 Å². The van der Waals surface area contributed by atoms with E-state index in [4.69, 9.17) is 14.2 Å². The summed E-state index contributed by atoms with van der Waals surface area (Å²) in [7, 11) is 2.96. The maximum absolute atomic E-state index is 12.4. The molecule has 8 nitrogen and oxygen atoms in total. The van der Waals surface area contributed by atoms with E-state index in [1.807, 2.05) is 0 Å². The third-order valence-corrected chi connectivity index (χ3v) is 4.57. The van der Waals surface area contributed by atoms with Gasteiger partial charge in [-0.25, -0.2) is 9.59 Å². The number of hydrogen-bond acceptors (Lipinski definition) is 6. The molecule has 1 unspecified atom stereocenters. The number of carbonyl (C=O) groups excluding carboxylic acids is 3. The van der Waals surface area contributed by atoms with Crippen LogP contribution in [0.2, 0.25) is 0 Å². The minimum absolute atomic E-state index is 0.0862. The number of hydrogen-bond donors (Lipinski definition) is 2. The number of carbonyl (C=O) groups is 3. The molecule has 0 bridgehead atoms. The van der Waals surface area contributed by atoms with Crippen LogP contribution in [0.15, 0.2) is 12.1 Å². The van der Waals surface area contributed by atoms with Gasteiger partial charge in [-0.15, -0.1) is 0 Å². The molecule has 0 aromatic heterocycles. The van der Waals surface area contributed by atoms with Crippen molar-refractivity contribution >= 4 is 17.9 Å². The first kappa shape index (κ1) is 20.5. The van der Waals surface area contributed by atoms with E-state index < -0.39 is 24.0 Å². The smallest absolute Gasteiger partial charge is 0.339 e. The normalized spacial score (nSPS) is 15.0. The average molecular weight is 378 g/mol. The van der Waals surface area contributed by atoms with E-state index in [1.165, 1.54) is 33.3 Å². The quantitative estimate of drug-likeness (QED) is 0.737. The van der Waals surface area contributed by atoms with Crippen molar-refractivity contribution in [3.8, 4) is 11.5 Å². The van der Waals surface area contributed by atoms with Gasteiger partial charge in [0.25, 0.3) is 5.91 Å². The van der Waals surface area contributed by atoms with Gasteiger partial charge in [-0.3, -0.25) is 10.1 Å². The fraction of sp³-hybridized carbons (Fsp3) is 0.526. The maximum atomic E-state index is 12.4. The zero-order chi connectivity index (χ0) is 20.0. The summed E-state index contributed by atoms with van der Waals surface area (Å²) < 4.78 is 15.6. The van der Waals surface area contributed by atoms with Gasteiger partial charge in [-0.1, -0.05) is 12.8 Å². The van der Waals surface area contributed by atoms with Gasteiger partial charge in [-0.2, -0.15) is 0 Å². The first-order chi connectivity index (χ1) is 12.8. The predicted molar refractivity (Wildman–Crippen MR) is 98.1 cm³/mol. The Morgan fingerprint density at radius 1 is 1.07 bits per heavy atom. The van der Waals surface area contributed by atoms with Crippen LogP contribution in [-0.2, 0) is 9.53 Å². The summed E-state index contributed by atoms with van der Waals surface area (Å²) in [4.78, 5) is 36.3. The fourth-order valence-corrected chi connectivity index (χ4v) is 2.99. The molecule has 2 N–H and O–H groups in total. The number of urea groups is 1. The molecule has 27 heavy (non-hydrogen) atoms. The molecule has 0 aliphatic heterocycles. The first-order valence-corrected chi connectivity index (χ1v) is 8.90. The van der Waals surface area contributed by atoms with Crippen LogP contribution in [0.1, 0.15) is 48.5 Å². The van der Waals surface area contributed by atoms with E-state index in [0.29, 0.717) is 11.5 Å². The number of imide groups is 1. The summed E-state index contributed by atoms with van der Waals surface area (Å²) in [5, 5.41) is 4.94. The second-order valence-corrected chi connectivity index (χ2v) is 6.50. The van der Waals surface area contributed by atoms with E-state index >= 15 is 0 Å². The highest BCUT2D eigenvalue weighted by Crippen LogP contribution is 2.29. The molecule has 2 rings (SSSR count). The lowest BCUT2D eigenvalue weighted by Crippen LogP contribution is -2.47. The second-order valence-electron chi connectivity index (χ2n) is 6.50. The number of amides is 3. The van der Waals surface area contributed by atoms with Crippen molar-refractivity contribution in [3.05, 3.63) is 23.3 Å². The molecule has 0 radical (unpaired) electrons. The van der Waals surface area contributed by atoms with Crippen molar-refractivity contribution in [2.45, 2.75) is 51.7 Å². The minimum Gasteiger partial charge on any atom is -0.496 e. The average Bonchev–Trinajstić information content (AvgIpc) is 3.14. The summed E-state index contributed by atoms with van der Waals surface area (Å²) in [5.74, 6) is -0.473. The van der Waals surface area contributed by atoms with Gasteiger partial charge in [0.2, 0.25) is 0 Å².